The van der Waals surface area contributed by atoms with Crippen LogP contribution in [0.25, 0.3) is 10.9 Å². The molecule has 4 aliphatic heterocycles. The molecule has 5 heterocycles. The molecule has 1 aromatic carbocycles. The van der Waals surface area contributed by atoms with Crippen LogP contribution in [0.2, 0.25) is 0 Å². The third kappa shape index (κ3) is 3.57. The minimum Gasteiger partial charge on any atom is -0.379 e. The monoisotopic (exact) mass is 450 g/mol. The van der Waals surface area contributed by atoms with Crippen molar-refractivity contribution in [3.63, 3.8) is 0 Å². The van der Waals surface area contributed by atoms with Crippen LogP contribution >= 0.6 is 0 Å². The molecule has 0 radical (unpaired) electrons. The summed E-state index contributed by atoms with van der Waals surface area (Å²) in [7, 11) is 0. The molecule has 3 fully saturated rings. The smallest absolute Gasteiger partial charge is 0.230 e. The number of nitrogens with one attached hydrogen (secondary N) is 2. The number of aromatic nitrogens is 1. The maximum absolute atomic E-state index is 13.4. The third-order valence-electron chi connectivity index (χ3n) is 7.64. The van der Waals surface area contributed by atoms with E-state index in [2.05, 4.69) is 27.3 Å². The summed E-state index contributed by atoms with van der Waals surface area (Å²) >= 11 is 0. The van der Waals surface area contributed by atoms with Gasteiger partial charge in [-0.25, -0.2) is 0 Å². The molecule has 2 N–H and O–H groups in total. The van der Waals surface area contributed by atoms with E-state index < -0.39 is 17.4 Å². The number of hydrogen-bond acceptors (Lipinski definition) is 5. The molecule has 4 aliphatic rings. The number of H-pyrrole nitrogens is 1. The number of amides is 2. The van der Waals surface area contributed by atoms with Gasteiger partial charge in [0.25, 0.3) is 0 Å². The molecule has 2 aromatic rings. The first kappa shape index (κ1) is 20.9. The number of likely N-dealkylation sites (tertiary alicyclic amines) is 1. The number of carbonyl (C=O) groups excluding carboxylic acids is 2. The average Bonchev–Trinajstić information content (AvgIpc) is 3.58. The van der Waals surface area contributed by atoms with E-state index in [1.165, 1.54) is 10.9 Å². The second kappa shape index (κ2) is 8.27. The van der Waals surface area contributed by atoms with Gasteiger partial charge in [0, 0.05) is 49.8 Å². The van der Waals surface area contributed by atoms with E-state index >= 15 is 0 Å². The fourth-order valence-electron chi connectivity index (χ4n) is 5.94. The number of carbonyl (C=O) groups is 2. The van der Waals surface area contributed by atoms with Gasteiger partial charge in [0.05, 0.1) is 37.7 Å². The average molecular weight is 451 g/mol. The predicted octanol–water partition coefficient (Wildman–Crippen LogP) is 0.941. The standard InChI is InChI=1S/C25H30N4O4/c30-23(26-8-10-28-11-13-32-14-12-28)21-20-5-7-25(33-20)16-29(24(31)22(21)25)9-6-17-15-27-19-4-2-1-3-18(17)19/h1-5,7,15,20-22,27H,6,8-14,16H2,(H,26,30)/t20-,21-,22-,25-/m0/s1. The summed E-state index contributed by atoms with van der Waals surface area (Å²) < 4.78 is 11.6. The lowest BCUT2D eigenvalue weighted by Gasteiger charge is -2.27. The summed E-state index contributed by atoms with van der Waals surface area (Å²) in [5.41, 5.74) is 1.65. The zero-order valence-corrected chi connectivity index (χ0v) is 18.7. The molecule has 8 heteroatoms. The number of fused-ring (bicyclic) bond motifs is 2. The lowest BCUT2D eigenvalue weighted by atomic mass is 9.77. The van der Waals surface area contributed by atoms with E-state index in [1.54, 1.807) is 0 Å². The Labute approximate surface area is 192 Å². The van der Waals surface area contributed by atoms with Crippen molar-refractivity contribution in [3.05, 3.63) is 48.2 Å². The first-order chi connectivity index (χ1) is 16.1. The molecule has 2 amide bonds. The molecule has 6 rings (SSSR count). The first-order valence-electron chi connectivity index (χ1n) is 11.9. The van der Waals surface area contributed by atoms with Gasteiger partial charge in [0.2, 0.25) is 11.8 Å². The highest BCUT2D eigenvalue weighted by Gasteiger charge is 2.66. The third-order valence-corrected chi connectivity index (χ3v) is 7.64. The lowest BCUT2D eigenvalue weighted by Crippen LogP contribution is -2.47. The van der Waals surface area contributed by atoms with Gasteiger partial charge in [0.1, 0.15) is 5.60 Å². The highest BCUT2D eigenvalue weighted by atomic mass is 16.5. The van der Waals surface area contributed by atoms with Crippen molar-refractivity contribution in [2.24, 2.45) is 11.8 Å². The van der Waals surface area contributed by atoms with Crippen molar-refractivity contribution in [1.29, 1.82) is 0 Å². The fourth-order valence-corrected chi connectivity index (χ4v) is 5.94. The van der Waals surface area contributed by atoms with Crippen LogP contribution in [0, 0.1) is 11.8 Å². The van der Waals surface area contributed by atoms with Crippen molar-refractivity contribution in [2.75, 3.05) is 52.5 Å². The van der Waals surface area contributed by atoms with Gasteiger partial charge >= 0.3 is 0 Å². The normalized spacial score (nSPS) is 31.0. The second-order valence-electron chi connectivity index (χ2n) is 9.51. The first-order valence-corrected chi connectivity index (χ1v) is 11.9. The zero-order chi connectivity index (χ0) is 22.4. The number of para-hydroxylation sites is 1. The highest BCUT2D eigenvalue weighted by molar-refractivity contribution is 5.93. The summed E-state index contributed by atoms with van der Waals surface area (Å²) in [6.07, 6.45) is 6.47. The summed E-state index contributed by atoms with van der Waals surface area (Å²) in [4.78, 5) is 34.0. The van der Waals surface area contributed by atoms with Gasteiger partial charge in [0.15, 0.2) is 0 Å². The number of rotatable bonds is 7. The Morgan fingerprint density at radius 3 is 2.94 bits per heavy atom. The van der Waals surface area contributed by atoms with Crippen LogP contribution in [0.1, 0.15) is 5.56 Å². The zero-order valence-electron chi connectivity index (χ0n) is 18.7. The van der Waals surface area contributed by atoms with Crippen molar-refractivity contribution in [1.82, 2.24) is 20.1 Å². The largest absolute Gasteiger partial charge is 0.379 e. The van der Waals surface area contributed by atoms with Crippen molar-refractivity contribution in [3.8, 4) is 0 Å². The molecular formula is C25H30N4O4. The van der Waals surface area contributed by atoms with Crippen molar-refractivity contribution >= 4 is 22.7 Å². The van der Waals surface area contributed by atoms with Crippen LogP contribution in [-0.2, 0) is 25.5 Å². The molecule has 0 unspecified atom stereocenters. The maximum atomic E-state index is 13.4. The summed E-state index contributed by atoms with van der Waals surface area (Å²) in [5.74, 6) is -0.921. The number of ether oxygens (including phenoxy) is 2. The predicted molar refractivity (Wildman–Crippen MR) is 123 cm³/mol. The number of hydrogen-bond donors (Lipinski definition) is 2. The molecular weight excluding hydrogens is 420 g/mol. The quantitative estimate of drug-likeness (QED) is 0.614. The van der Waals surface area contributed by atoms with E-state index in [1.807, 2.05) is 35.4 Å². The Balaban J connectivity index is 1.10. The second-order valence-corrected chi connectivity index (χ2v) is 9.51. The Morgan fingerprint density at radius 2 is 2.06 bits per heavy atom. The molecule has 3 saturated heterocycles. The minimum atomic E-state index is -0.659. The van der Waals surface area contributed by atoms with Gasteiger partial charge in [-0.15, -0.1) is 0 Å². The fraction of sp³-hybridized carbons (Fsp3) is 0.520. The van der Waals surface area contributed by atoms with E-state index in [4.69, 9.17) is 9.47 Å². The molecule has 8 nitrogen and oxygen atoms in total. The Hall–Kier alpha value is -2.68. The number of morpholine rings is 1. The van der Waals surface area contributed by atoms with Crippen LogP contribution < -0.4 is 5.32 Å². The summed E-state index contributed by atoms with van der Waals surface area (Å²) in [6, 6.07) is 8.21. The van der Waals surface area contributed by atoms with Crippen LogP contribution in [0.4, 0.5) is 0 Å². The topological polar surface area (TPSA) is 86.9 Å². The van der Waals surface area contributed by atoms with E-state index in [-0.39, 0.29) is 17.9 Å². The molecule has 4 atom stereocenters. The molecule has 33 heavy (non-hydrogen) atoms. The highest BCUT2D eigenvalue weighted by Crippen LogP contribution is 2.51. The van der Waals surface area contributed by atoms with Crippen LogP contribution in [0.5, 0.6) is 0 Å². The molecule has 2 bridgehead atoms. The Morgan fingerprint density at radius 1 is 1.21 bits per heavy atom. The van der Waals surface area contributed by atoms with Crippen LogP contribution in [0.15, 0.2) is 42.6 Å². The molecule has 1 aromatic heterocycles. The molecule has 0 saturated carbocycles. The molecule has 1 spiro atoms. The molecule has 0 aliphatic carbocycles. The van der Waals surface area contributed by atoms with Gasteiger partial charge in [-0.3, -0.25) is 14.5 Å². The van der Waals surface area contributed by atoms with Crippen molar-refractivity contribution < 1.29 is 19.1 Å². The van der Waals surface area contributed by atoms with Crippen LogP contribution in [0.3, 0.4) is 0 Å². The van der Waals surface area contributed by atoms with E-state index in [9.17, 15) is 9.59 Å². The number of aromatic amines is 1. The Bertz CT molecular complexity index is 1090. The van der Waals surface area contributed by atoms with E-state index in [0.717, 1.165) is 44.8 Å². The van der Waals surface area contributed by atoms with Crippen molar-refractivity contribution in [2.45, 2.75) is 18.1 Å². The van der Waals surface area contributed by atoms with E-state index in [0.29, 0.717) is 19.6 Å². The van der Waals surface area contributed by atoms with Gasteiger partial charge in [-0.05, 0) is 18.1 Å². The van der Waals surface area contributed by atoms with Gasteiger partial charge in [-0.1, -0.05) is 30.4 Å². The molecule has 174 valence electrons. The number of nitrogens with zero attached hydrogens (tertiary/aromatic N) is 2. The maximum Gasteiger partial charge on any atom is 0.230 e. The van der Waals surface area contributed by atoms with Gasteiger partial charge in [-0.2, -0.15) is 0 Å². The summed E-state index contributed by atoms with van der Waals surface area (Å²) in [5, 5.41) is 4.26. The van der Waals surface area contributed by atoms with Crippen LogP contribution in [-0.4, -0.2) is 90.8 Å². The Kier molecular flexibility index (Phi) is 5.24. The number of benzene rings is 1. The minimum absolute atomic E-state index is 0.0371. The van der Waals surface area contributed by atoms with Gasteiger partial charge < -0.3 is 24.7 Å². The SMILES string of the molecule is O=C(NCCN1CCOCC1)[C@H]1[C@@H]2C=C[C@@]3(CN(CCc4c[nH]c5ccccc45)C(=O)[C@H]13)O2. The summed E-state index contributed by atoms with van der Waals surface area (Å²) in [6.45, 7) is 5.77. The lowest BCUT2D eigenvalue weighted by molar-refractivity contribution is -0.137.